The summed E-state index contributed by atoms with van der Waals surface area (Å²) in [6.45, 7) is 2.05. The van der Waals surface area contributed by atoms with Crippen molar-refractivity contribution in [2.75, 3.05) is 13.2 Å². The topological polar surface area (TPSA) is 53.2 Å². The maximum Gasteiger partial charge on any atom is 0.154 e. The number of hydrogen-bond donors (Lipinski definition) is 1. The van der Waals surface area contributed by atoms with Crippen molar-refractivity contribution in [3.63, 3.8) is 0 Å². The third-order valence-corrected chi connectivity index (χ3v) is 2.07. The van der Waals surface area contributed by atoms with Crippen LogP contribution in [-0.2, 0) is 4.74 Å². The van der Waals surface area contributed by atoms with Crippen LogP contribution < -0.4 is 0 Å². The number of ether oxygens (including phenoxy) is 1. The molecule has 3 heteroatoms. The highest BCUT2D eigenvalue weighted by Gasteiger charge is 2.42. The Morgan fingerprint density at radius 1 is 1.73 bits per heavy atom. The summed E-state index contributed by atoms with van der Waals surface area (Å²) in [5.74, 6) is 0.388. The fourth-order valence-corrected chi connectivity index (χ4v) is 1.13. The molecule has 1 fully saturated rings. The van der Waals surface area contributed by atoms with Crippen molar-refractivity contribution in [3.8, 4) is 6.07 Å². The van der Waals surface area contributed by atoms with Gasteiger partial charge in [0.05, 0.1) is 19.3 Å². The van der Waals surface area contributed by atoms with E-state index in [2.05, 4.69) is 6.07 Å². The monoisotopic (exact) mass is 155 g/mol. The molecule has 1 saturated carbocycles. The number of nitrogens with zero attached hydrogens (tertiary/aromatic N) is 1. The minimum absolute atomic E-state index is 0.00993. The van der Waals surface area contributed by atoms with Gasteiger partial charge in [-0.3, -0.25) is 0 Å². The largest absolute Gasteiger partial charge is 0.394 e. The maximum atomic E-state index is 8.77. The van der Waals surface area contributed by atoms with Crippen LogP contribution in [0.5, 0.6) is 0 Å². The van der Waals surface area contributed by atoms with Crippen LogP contribution in [0.15, 0.2) is 0 Å². The molecule has 1 rings (SSSR count). The molecule has 0 bridgehead atoms. The second-order valence-electron chi connectivity index (χ2n) is 3.07. The summed E-state index contributed by atoms with van der Waals surface area (Å²) < 4.78 is 5.24. The smallest absolute Gasteiger partial charge is 0.154 e. The first-order valence-electron chi connectivity index (χ1n) is 3.89. The first-order chi connectivity index (χ1) is 5.23. The van der Waals surface area contributed by atoms with E-state index >= 15 is 0 Å². The zero-order valence-electron chi connectivity index (χ0n) is 6.71. The lowest BCUT2D eigenvalue weighted by Crippen LogP contribution is -2.30. The maximum absolute atomic E-state index is 8.77. The van der Waals surface area contributed by atoms with E-state index in [1.807, 2.05) is 0 Å². The quantitative estimate of drug-likeness (QED) is 0.649. The molecule has 0 spiro atoms. The molecule has 0 amide bonds. The van der Waals surface area contributed by atoms with E-state index in [1.165, 1.54) is 0 Å². The van der Waals surface area contributed by atoms with Gasteiger partial charge in [-0.2, -0.15) is 5.26 Å². The molecule has 1 unspecified atom stereocenters. The van der Waals surface area contributed by atoms with Crippen LogP contribution in [0.4, 0.5) is 0 Å². The molecule has 0 aromatic rings. The molecule has 62 valence electrons. The van der Waals surface area contributed by atoms with Crippen LogP contribution in [-0.4, -0.2) is 23.9 Å². The lowest BCUT2D eigenvalue weighted by Gasteiger charge is -2.20. The summed E-state index contributed by atoms with van der Waals surface area (Å²) in [6, 6.07) is 2.14. The Labute approximate surface area is 66.6 Å². The highest BCUT2D eigenvalue weighted by Crippen LogP contribution is 2.41. The van der Waals surface area contributed by atoms with Crippen molar-refractivity contribution in [1.82, 2.24) is 0 Å². The Hall–Kier alpha value is -0.590. The molecule has 0 aromatic heterocycles. The van der Waals surface area contributed by atoms with Gasteiger partial charge in [-0.1, -0.05) is 0 Å². The lowest BCUT2D eigenvalue weighted by molar-refractivity contribution is -0.0213. The Morgan fingerprint density at radius 3 is 2.73 bits per heavy atom. The third-order valence-electron chi connectivity index (χ3n) is 2.07. The molecule has 0 saturated heterocycles. The fraction of sp³-hybridized carbons (Fsp3) is 0.875. The predicted molar refractivity (Wildman–Crippen MR) is 39.8 cm³/mol. The second-order valence-corrected chi connectivity index (χ2v) is 3.07. The van der Waals surface area contributed by atoms with Crippen molar-refractivity contribution in [2.24, 2.45) is 5.92 Å². The van der Waals surface area contributed by atoms with Crippen molar-refractivity contribution in [3.05, 3.63) is 0 Å². The number of rotatable bonds is 4. The summed E-state index contributed by atoms with van der Waals surface area (Å²) in [7, 11) is 0. The van der Waals surface area contributed by atoms with Crippen LogP contribution >= 0.6 is 0 Å². The number of aliphatic hydroxyl groups excluding tert-OH is 1. The van der Waals surface area contributed by atoms with Gasteiger partial charge < -0.3 is 9.84 Å². The van der Waals surface area contributed by atoms with Gasteiger partial charge in [-0.15, -0.1) is 0 Å². The van der Waals surface area contributed by atoms with Crippen LogP contribution in [0.1, 0.15) is 19.8 Å². The van der Waals surface area contributed by atoms with Crippen LogP contribution in [0.25, 0.3) is 0 Å². The molecule has 0 radical (unpaired) electrons. The molecule has 1 aliphatic rings. The van der Waals surface area contributed by atoms with Gasteiger partial charge in [-0.25, -0.2) is 0 Å². The second kappa shape index (κ2) is 3.21. The van der Waals surface area contributed by atoms with E-state index in [-0.39, 0.29) is 13.2 Å². The fourth-order valence-electron chi connectivity index (χ4n) is 1.13. The molecule has 11 heavy (non-hydrogen) atoms. The first kappa shape index (κ1) is 8.51. The van der Waals surface area contributed by atoms with E-state index in [0.717, 1.165) is 12.8 Å². The Kier molecular flexibility index (Phi) is 2.48. The average Bonchev–Trinajstić information content (AvgIpc) is 2.82. The highest BCUT2D eigenvalue weighted by molar-refractivity contribution is 5.07. The summed E-state index contributed by atoms with van der Waals surface area (Å²) in [5.41, 5.74) is -0.650. The number of aliphatic hydroxyl groups is 1. The molecule has 1 aliphatic carbocycles. The SMILES string of the molecule is CC(C#N)(OCCO)C1CC1. The molecule has 3 nitrogen and oxygen atoms in total. The zero-order valence-corrected chi connectivity index (χ0v) is 6.71. The molecule has 1 N–H and O–H groups in total. The third kappa shape index (κ3) is 1.92. The van der Waals surface area contributed by atoms with Gasteiger partial charge >= 0.3 is 0 Å². The molecule has 0 aromatic carbocycles. The molecular formula is C8H13NO2. The van der Waals surface area contributed by atoms with Crippen LogP contribution in [0.3, 0.4) is 0 Å². The van der Waals surface area contributed by atoms with Gasteiger partial charge in [0.15, 0.2) is 5.60 Å². The summed E-state index contributed by atoms with van der Waals surface area (Å²) in [6.07, 6.45) is 2.16. The van der Waals surface area contributed by atoms with Crippen LogP contribution in [0.2, 0.25) is 0 Å². The zero-order chi connectivity index (χ0) is 8.32. The predicted octanol–water partition coefficient (Wildman–Crippen LogP) is 0.688. The summed E-state index contributed by atoms with van der Waals surface area (Å²) >= 11 is 0. The number of nitriles is 1. The molecule has 0 aliphatic heterocycles. The van der Waals surface area contributed by atoms with Gasteiger partial charge in [0, 0.05) is 5.92 Å². The standard InChI is InChI=1S/C8H13NO2/c1-8(6-9,7-2-3-7)11-5-4-10/h7,10H,2-5H2,1H3. The average molecular weight is 155 g/mol. The van der Waals surface area contributed by atoms with Crippen LogP contribution in [0, 0.1) is 17.2 Å². The lowest BCUT2D eigenvalue weighted by atomic mass is 10.0. The highest BCUT2D eigenvalue weighted by atomic mass is 16.5. The first-order valence-corrected chi connectivity index (χ1v) is 3.89. The van der Waals surface area contributed by atoms with Crippen molar-refractivity contribution in [2.45, 2.75) is 25.4 Å². The Morgan fingerprint density at radius 2 is 2.36 bits per heavy atom. The van der Waals surface area contributed by atoms with Crippen molar-refractivity contribution >= 4 is 0 Å². The van der Waals surface area contributed by atoms with Crippen molar-refractivity contribution < 1.29 is 9.84 Å². The van der Waals surface area contributed by atoms with Crippen molar-refractivity contribution in [1.29, 1.82) is 5.26 Å². The van der Waals surface area contributed by atoms with Gasteiger partial charge in [0.2, 0.25) is 0 Å². The summed E-state index contributed by atoms with van der Waals surface area (Å²) in [5, 5.41) is 17.3. The van der Waals surface area contributed by atoms with E-state index in [1.54, 1.807) is 6.92 Å². The van der Waals surface area contributed by atoms with E-state index in [4.69, 9.17) is 15.1 Å². The van der Waals surface area contributed by atoms with Gasteiger partial charge in [0.25, 0.3) is 0 Å². The Bertz CT molecular complexity index is 171. The molecule has 0 heterocycles. The minimum Gasteiger partial charge on any atom is -0.394 e. The van der Waals surface area contributed by atoms with Gasteiger partial charge in [0.1, 0.15) is 0 Å². The number of hydrogen-bond acceptors (Lipinski definition) is 3. The van der Waals surface area contributed by atoms with E-state index in [0.29, 0.717) is 5.92 Å². The Balaban J connectivity index is 2.40. The minimum atomic E-state index is -0.650. The van der Waals surface area contributed by atoms with E-state index in [9.17, 15) is 0 Å². The van der Waals surface area contributed by atoms with E-state index < -0.39 is 5.60 Å². The summed E-state index contributed by atoms with van der Waals surface area (Å²) in [4.78, 5) is 0. The van der Waals surface area contributed by atoms with Gasteiger partial charge in [-0.05, 0) is 19.8 Å². The normalized spacial score (nSPS) is 22.3. The molecular weight excluding hydrogens is 142 g/mol. The molecule has 1 atom stereocenters.